The van der Waals surface area contributed by atoms with Crippen LogP contribution in [0.2, 0.25) is 0 Å². The van der Waals surface area contributed by atoms with Crippen LogP contribution < -0.4 is 5.32 Å². The second-order valence-corrected chi connectivity index (χ2v) is 8.36. The summed E-state index contributed by atoms with van der Waals surface area (Å²) >= 11 is 0. The Labute approximate surface area is 184 Å². The molecular formula is C22H24FN7O2. The number of halogens is 1. The van der Waals surface area contributed by atoms with Crippen LogP contribution in [-0.2, 0) is 41.9 Å². The Morgan fingerprint density at radius 3 is 3.00 bits per heavy atom. The fourth-order valence-corrected chi connectivity index (χ4v) is 4.25. The topological polar surface area (TPSA) is 109 Å². The van der Waals surface area contributed by atoms with Crippen LogP contribution in [0.25, 0.3) is 0 Å². The number of amides is 1. The van der Waals surface area contributed by atoms with Gasteiger partial charge >= 0.3 is 0 Å². The van der Waals surface area contributed by atoms with Gasteiger partial charge in [-0.3, -0.25) is 4.79 Å². The Morgan fingerprint density at radius 1 is 1.28 bits per heavy atom. The molecule has 0 spiro atoms. The summed E-state index contributed by atoms with van der Waals surface area (Å²) < 4.78 is 19.2. The van der Waals surface area contributed by atoms with Crippen molar-refractivity contribution in [2.75, 3.05) is 11.9 Å². The molecule has 0 saturated heterocycles. The Bertz CT molecular complexity index is 1120. The Hall–Kier alpha value is -3.40. The molecule has 1 amide bonds. The lowest BCUT2D eigenvalue weighted by Gasteiger charge is -2.17. The highest BCUT2D eigenvalue weighted by molar-refractivity contribution is 5.78. The number of benzene rings is 1. The monoisotopic (exact) mass is 437 g/mol. The number of anilines is 1. The van der Waals surface area contributed by atoms with E-state index >= 15 is 0 Å². The summed E-state index contributed by atoms with van der Waals surface area (Å²) in [6, 6.07) is 5.06. The average Bonchev–Trinajstić information content (AvgIpc) is 3.50. The molecule has 2 N–H and O–H groups in total. The van der Waals surface area contributed by atoms with Crippen molar-refractivity contribution >= 4 is 11.9 Å². The number of fused-ring (bicyclic) bond motifs is 2. The molecule has 32 heavy (non-hydrogen) atoms. The third-order valence-corrected chi connectivity index (χ3v) is 5.90. The summed E-state index contributed by atoms with van der Waals surface area (Å²) in [7, 11) is 0. The molecule has 1 aliphatic heterocycles. The van der Waals surface area contributed by atoms with Gasteiger partial charge in [-0.1, -0.05) is 6.07 Å². The van der Waals surface area contributed by atoms with E-state index in [1.54, 1.807) is 23.4 Å². The summed E-state index contributed by atoms with van der Waals surface area (Å²) in [5, 5.41) is 13.7. The van der Waals surface area contributed by atoms with Crippen molar-refractivity contribution in [3.8, 4) is 0 Å². The zero-order valence-electron chi connectivity index (χ0n) is 17.7. The van der Waals surface area contributed by atoms with Crippen molar-refractivity contribution in [1.82, 2.24) is 30.3 Å². The van der Waals surface area contributed by atoms with Gasteiger partial charge in [0.15, 0.2) is 0 Å². The molecule has 5 rings (SSSR count). The predicted molar refractivity (Wildman–Crippen MR) is 113 cm³/mol. The first-order valence-electron chi connectivity index (χ1n) is 10.7. The van der Waals surface area contributed by atoms with Crippen LogP contribution in [0.1, 0.15) is 35.0 Å². The van der Waals surface area contributed by atoms with Gasteiger partial charge in [0.2, 0.25) is 11.9 Å². The third-order valence-electron chi connectivity index (χ3n) is 5.90. The van der Waals surface area contributed by atoms with Gasteiger partial charge in [0.25, 0.3) is 0 Å². The van der Waals surface area contributed by atoms with Crippen LogP contribution in [0.3, 0.4) is 0 Å². The van der Waals surface area contributed by atoms with E-state index in [0.717, 1.165) is 40.9 Å². The van der Waals surface area contributed by atoms with Crippen LogP contribution in [0.15, 0.2) is 30.6 Å². The molecule has 1 aromatic carbocycles. The summed E-state index contributed by atoms with van der Waals surface area (Å²) in [5.41, 5.74) is 4.76. The first-order valence-corrected chi connectivity index (χ1v) is 10.7. The van der Waals surface area contributed by atoms with Crippen LogP contribution >= 0.6 is 0 Å². The van der Waals surface area contributed by atoms with E-state index in [2.05, 4.69) is 30.7 Å². The van der Waals surface area contributed by atoms with Crippen molar-refractivity contribution in [2.24, 2.45) is 0 Å². The number of hydrogen-bond donors (Lipinski definition) is 2. The number of hydrogen-bond acceptors (Lipinski definition) is 7. The van der Waals surface area contributed by atoms with Gasteiger partial charge in [-0.05, 0) is 43.0 Å². The second kappa shape index (κ2) is 8.62. The smallest absolute Gasteiger partial charge is 0.249 e. The minimum absolute atomic E-state index is 0.00242. The maximum atomic E-state index is 13.5. The largest absolute Gasteiger partial charge is 0.368 e. The first-order chi connectivity index (χ1) is 15.5. The lowest BCUT2D eigenvalue weighted by Crippen LogP contribution is -2.31. The molecular weight excluding hydrogens is 413 g/mol. The number of rotatable bonds is 7. The lowest BCUT2D eigenvalue weighted by molar-refractivity contribution is -0.138. The molecule has 0 radical (unpaired) electrons. The van der Waals surface area contributed by atoms with Crippen LogP contribution in [0, 0.1) is 5.82 Å². The molecule has 0 fully saturated rings. The molecule has 2 atom stereocenters. The van der Waals surface area contributed by atoms with E-state index < -0.39 is 0 Å². The van der Waals surface area contributed by atoms with Gasteiger partial charge < -0.3 is 15.0 Å². The van der Waals surface area contributed by atoms with Crippen molar-refractivity contribution in [1.29, 1.82) is 0 Å². The van der Waals surface area contributed by atoms with Crippen LogP contribution in [0.4, 0.5) is 10.3 Å². The summed E-state index contributed by atoms with van der Waals surface area (Å²) in [5.74, 6) is 0.242. The van der Waals surface area contributed by atoms with Crippen molar-refractivity contribution in [2.45, 2.75) is 51.4 Å². The minimum atomic E-state index is -0.209. The SMILES string of the molecule is C[C@H](Cc1cn[nH]n1)OCC(=O)N1Cc2cnc(NC3Cc4ccc(F)cc4C3)nc2C1. The maximum absolute atomic E-state index is 13.5. The van der Waals surface area contributed by atoms with E-state index in [1.807, 2.05) is 13.0 Å². The van der Waals surface area contributed by atoms with Crippen LogP contribution in [0.5, 0.6) is 0 Å². The van der Waals surface area contributed by atoms with Crippen molar-refractivity contribution < 1.29 is 13.9 Å². The molecule has 3 heterocycles. The maximum Gasteiger partial charge on any atom is 0.249 e. The molecule has 1 unspecified atom stereocenters. The molecule has 166 valence electrons. The standard InChI is InChI=1S/C22H24FN7O2/c1-13(4-19-9-25-29-28-19)32-12-21(31)30-10-16-8-24-22(27-20(16)11-30)26-18-6-14-2-3-17(23)5-15(14)7-18/h2-3,5,8-9,13,18H,4,6-7,10-12H2,1H3,(H,24,26,27)(H,25,28,29)/t13-,18?/m1/s1. The molecule has 3 aromatic rings. The number of H-pyrrole nitrogens is 1. The van der Waals surface area contributed by atoms with Gasteiger partial charge in [0.1, 0.15) is 12.4 Å². The van der Waals surface area contributed by atoms with E-state index in [-0.39, 0.29) is 30.5 Å². The highest BCUT2D eigenvalue weighted by atomic mass is 19.1. The lowest BCUT2D eigenvalue weighted by atomic mass is 10.1. The normalized spacial score (nSPS) is 17.8. The van der Waals surface area contributed by atoms with Gasteiger partial charge in [0, 0.05) is 30.8 Å². The fourth-order valence-electron chi connectivity index (χ4n) is 4.25. The van der Waals surface area contributed by atoms with Gasteiger partial charge in [-0.25, -0.2) is 14.4 Å². The van der Waals surface area contributed by atoms with Crippen molar-refractivity contribution in [3.63, 3.8) is 0 Å². The minimum Gasteiger partial charge on any atom is -0.368 e. The molecule has 2 aliphatic rings. The van der Waals surface area contributed by atoms with E-state index in [4.69, 9.17) is 4.74 Å². The van der Waals surface area contributed by atoms with E-state index in [1.165, 1.54) is 6.07 Å². The van der Waals surface area contributed by atoms with Crippen molar-refractivity contribution in [3.05, 3.63) is 64.5 Å². The van der Waals surface area contributed by atoms with Gasteiger partial charge in [0.05, 0.1) is 30.2 Å². The number of ether oxygens (including phenoxy) is 1. The van der Waals surface area contributed by atoms with Crippen LogP contribution in [-0.4, -0.2) is 54.9 Å². The zero-order valence-corrected chi connectivity index (χ0v) is 17.7. The second-order valence-electron chi connectivity index (χ2n) is 8.36. The summed E-state index contributed by atoms with van der Waals surface area (Å²) in [6.45, 7) is 2.81. The van der Waals surface area contributed by atoms with E-state index in [0.29, 0.717) is 25.5 Å². The predicted octanol–water partition coefficient (Wildman–Crippen LogP) is 1.80. The molecule has 0 saturated carbocycles. The Morgan fingerprint density at radius 2 is 2.16 bits per heavy atom. The number of aromatic amines is 1. The molecule has 1 aliphatic carbocycles. The summed E-state index contributed by atoms with van der Waals surface area (Å²) in [4.78, 5) is 23.4. The molecule has 0 bridgehead atoms. The van der Waals surface area contributed by atoms with Gasteiger partial charge in [-0.15, -0.1) is 0 Å². The zero-order chi connectivity index (χ0) is 22.1. The summed E-state index contributed by atoms with van der Waals surface area (Å²) in [6.07, 6.45) is 5.40. The number of carbonyl (C=O) groups excluding carboxylic acids is 1. The number of carbonyl (C=O) groups is 1. The number of nitrogens with one attached hydrogen (secondary N) is 2. The Kier molecular flexibility index (Phi) is 5.52. The third kappa shape index (κ3) is 4.45. The fraction of sp³-hybridized carbons (Fsp3) is 0.409. The Balaban J connectivity index is 1.14. The highest BCUT2D eigenvalue weighted by Crippen LogP contribution is 2.26. The average molecular weight is 437 g/mol. The highest BCUT2D eigenvalue weighted by Gasteiger charge is 2.27. The quantitative estimate of drug-likeness (QED) is 0.580. The number of aromatic nitrogens is 5. The molecule has 9 nitrogen and oxygen atoms in total. The first kappa shape index (κ1) is 20.5. The molecule has 10 heteroatoms. The van der Waals surface area contributed by atoms with Gasteiger partial charge in [-0.2, -0.15) is 15.4 Å². The number of nitrogens with zero attached hydrogens (tertiary/aromatic N) is 5. The van der Waals surface area contributed by atoms with E-state index in [9.17, 15) is 9.18 Å². The molecule has 2 aromatic heterocycles.